The molecule has 76 valence electrons. The Labute approximate surface area is 82.3 Å². The van der Waals surface area contributed by atoms with Gasteiger partial charge in [0.15, 0.2) is 0 Å². The van der Waals surface area contributed by atoms with Crippen molar-refractivity contribution in [2.75, 3.05) is 13.2 Å². The lowest BCUT2D eigenvalue weighted by atomic mass is 9.94. The molecular formula is C11H13FO2. The maximum Gasteiger partial charge on any atom is 0.123 e. The van der Waals surface area contributed by atoms with Gasteiger partial charge in [-0.2, -0.15) is 0 Å². The molecule has 0 spiro atoms. The predicted molar refractivity (Wildman–Crippen MR) is 50.5 cm³/mol. The summed E-state index contributed by atoms with van der Waals surface area (Å²) in [6.45, 7) is 0.940. The Morgan fingerprint density at radius 1 is 1.50 bits per heavy atom. The molecule has 0 aliphatic carbocycles. The molecule has 14 heavy (non-hydrogen) atoms. The Morgan fingerprint density at radius 2 is 2.36 bits per heavy atom. The van der Waals surface area contributed by atoms with Gasteiger partial charge in [0.2, 0.25) is 0 Å². The van der Waals surface area contributed by atoms with Gasteiger partial charge in [-0.15, -0.1) is 0 Å². The number of hydrogen-bond donors (Lipinski definition) is 1. The van der Waals surface area contributed by atoms with Crippen molar-refractivity contribution in [3.05, 3.63) is 35.6 Å². The van der Waals surface area contributed by atoms with Crippen LogP contribution in [0, 0.1) is 5.82 Å². The van der Waals surface area contributed by atoms with Crippen LogP contribution in [-0.4, -0.2) is 23.9 Å². The van der Waals surface area contributed by atoms with Crippen LogP contribution in [0.4, 0.5) is 4.39 Å². The van der Waals surface area contributed by atoms with Gasteiger partial charge in [-0.1, -0.05) is 12.1 Å². The third-order valence-electron chi connectivity index (χ3n) is 2.50. The first-order chi connectivity index (χ1) is 6.68. The fraction of sp³-hybridized carbons (Fsp3) is 0.455. The molecule has 1 fully saturated rings. The Bertz CT molecular complexity index is 319. The van der Waals surface area contributed by atoms with Crippen molar-refractivity contribution in [1.29, 1.82) is 0 Å². The fourth-order valence-corrected chi connectivity index (χ4v) is 1.76. The second kappa shape index (κ2) is 3.67. The van der Waals surface area contributed by atoms with E-state index in [2.05, 4.69) is 0 Å². The largest absolute Gasteiger partial charge is 0.387 e. The van der Waals surface area contributed by atoms with Crippen LogP contribution in [0.3, 0.4) is 0 Å². The fourth-order valence-electron chi connectivity index (χ4n) is 1.76. The van der Waals surface area contributed by atoms with Crippen LogP contribution in [0.25, 0.3) is 0 Å². The van der Waals surface area contributed by atoms with Gasteiger partial charge in [0.05, 0.1) is 12.2 Å². The molecule has 1 atom stereocenters. The quantitative estimate of drug-likeness (QED) is 0.777. The number of aliphatic hydroxyl groups is 1. The predicted octanol–water partition coefficient (Wildman–Crippen LogP) is 1.52. The zero-order chi connectivity index (χ0) is 10.0. The van der Waals surface area contributed by atoms with Crippen LogP contribution in [0.2, 0.25) is 0 Å². The minimum atomic E-state index is -0.798. The van der Waals surface area contributed by atoms with Crippen LogP contribution in [-0.2, 0) is 11.2 Å². The molecule has 1 N–H and O–H groups in total. The summed E-state index contributed by atoms with van der Waals surface area (Å²) in [6, 6.07) is 6.33. The zero-order valence-electron chi connectivity index (χ0n) is 7.87. The minimum Gasteiger partial charge on any atom is -0.387 e. The summed E-state index contributed by atoms with van der Waals surface area (Å²) in [6.07, 6.45) is 1.09. The lowest BCUT2D eigenvalue weighted by molar-refractivity contribution is 0.0270. The summed E-state index contributed by atoms with van der Waals surface area (Å²) in [4.78, 5) is 0. The van der Waals surface area contributed by atoms with Gasteiger partial charge in [-0.25, -0.2) is 4.39 Å². The SMILES string of the molecule is OC1(Cc2cccc(F)c2)CCOC1. The van der Waals surface area contributed by atoms with E-state index >= 15 is 0 Å². The summed E-state index contributed by atoms with van der Waals surface area (Å²) in [7, 11) is 0. The molecule has 2 nitrogen and oxygen atoms in total. The van der Waals surface area contributed by atoms with Gasteiger partial charge in [-0.3, -0.25) is 0 Å². The van der Waals surface area contributed by atoms with E-state index in [1.54, 1.807) is 6.07 Å². The van der Waals surface area contributed by atoms with Gasteiger partial charge in [0.1, 0.15) is 5.82 Å². The molecule has 1 heterocycles. The second-order valence-corrected chi connectivity index (χ2v) is 3.83. The summed E-state index contributed by atoms with van der Waals surface area (Å²) >= 11 is 0. The van der Waals surface area contributed by atoms with E-state index in [1.165, 1.54) is 12.1 Å². The number of rotatable bonds is 2. The van der Waals surface area contributed by atoms with Crippen LogP contribution in [0.15, 0.2) is 24.3 Å². The summed E-state index contributed by atoms with van der Waals surface area (Å²) in [5, 5.41) is 9.99. The molecule has 0 aromatic heterocycles. The highest BCUT2D eigenvalue weighted by molar-refractivity contribution is 5.18. The van der Waals surface area contributed by atoms with Crippen LogP contribution in [0.1, 0.15) is 12.0 Å². The van der Waals surface area contributed by atoms with Crippen LogP contribution in [0.5, 0.6) is 0 Å². The molecular weight excluding hydrogens is 183 g/mol. The maximum atomic E-state index is 12.9. The maximum absolute atomic E-state index is 12.9. The third kappa shape index (κ3) is 2.11. The smallest absolute Gasteiger partial charge is 0.123 e. The standard InChI is InChI=1S/C11H13FO2/c12-10-3-1-2-9(6-10)7-11(13)4-5-14-8-11/h1-3,6,13H,4-5,7-8H2. The number of benzene rings is 1. The van der Waals surface area contributed by atoms with Gasteiger partial charge >= 0.3 is 0 Å². The first kappa shape index (κ1) is 9.62. The van der Waals surface area contributed by atoms with Crippen LogP contribution >= 0.6 is 0 Å². The van der Waals surface area contributed by atoms with Gasteiger partial charge < -0.3 is 9.84 Å². The average Bonchev–Trinajstić information content (AvgIpc) is 2.51. The van der Waals surface area contributed by atoms with Crippen molar-refractivity contribution in [3.63, 3.8) is 0 Å². The van der Waals surface area contributed by atoms with Crippen molar-refractivity contribution in [1.82, 2.24) is 0 Å². The summed E-state index contributed by atoms with van der Waals surface area (Å²) < 4.78 is 18.0. The molecule has 1 aliphatic rings. The third-order valence-corrected chi connectivity index (χ3v) is 2.50. The molecule has 0 bridgehead atoms. The highest BCUT2D eigenvalue weighted by atomic mass is 19.1. The van der Waals surface area contributed by atoms with Crippen molar-refractivity contribution in [2.45, 2.75) is 18.4 Å². The molecule has 1 aromatic rings. The minimum absolute atomic E-state index is 0.259. The van der Waals surface area contributed by atoms with Crippen molar-refractivity contribution >= 4 is 0 Å². The van der Waals surface area contributed by atoms with E-state index in [9.17, 15) is 9.50 Å². The van der Waals surface area contributed by atoms with E-state index in [0.717, 1.165) is 5.56 Å². The molecule has 1 unspecified atom stereocenters. The molecule has 1 aliphatic heterocycles. The lowest BCUT2D eigenvalue weighted by Gasteiger charge is -2.19. The van der Waals surface area contributed by atoms with Crippen molar-refractivity contribution < 1.29 is 14.2 Å². The Kier molecular flexibility index (Phi) is 2.52. The van der Waals surface area contributed by atoms with E-state index < -0.39 is 5.60 Å². The average molecular weight is 196 g/mol. The molecule has 0 saturated carbocycles. The van der Waals surface area contributed by atoms with E-state index in [1.807, 2.05) is 6.07 Å². The molecule has 1 saturated heterocycles. The molecule has 2 rings (SSSR count). The molecule has 0 amide bonds. The first-order valence-electron chi connectivity index (χ1n) is 4.73. The Hall–Kier alpha value is -0.930. The van der Waals surface area contributed by atoms with Crippen molar-refractivity contribution in [3.8, 4) is 0 Å². The van der Waals surface area contributed by atoms with E-state index in [4.69, 9.17) is 4.74 Å². The monoisotopic (exact) mass is 196 g/mol. The molecule has 0 radical (unpaired) electrons. The number of halogens is 1. The van der Waals surface area contributed by atoms with E-state index in [-0.39, 0.29) is 5.82 Å². The van der Waals surface area contributed by atoms with Gasteiger partial charge in [-0.05, 0) is 17.7 Å². The normalized spacial score (nSPS) is 26.7. The first-order valence-corrected chi connectivity index (χ1v) is 4.73. The topological polar surface area (TPSA) is 29.5 Å². The Morgan fingerprint density at radius 3 is 3.00 bits per heavy atom. The van der Waals surface area contributed by atoms with Crippen molar-refractivity contribution in [2.24, 2.45) is 0 Å². The van der Waals surface area contributed by atoms with Gasteiger partial charge in [0, 0.05) is 19.4 Å². The van der Waals surface area contributed by atoms with Crippen LogP contribution < -0.4 is 0 Å². The highest BCUT2D eigenvalue weighted by Gasteiger charge is 2.32. The summed E-state index contributed by atoms with van der Waals surface area (Å²) in [5.41, 5.74) is 0.0198. The summed E-state index contributed by atoms with van der Waals surface area (Å²) in [5.74, 6) is -0.259. The van der Waals surface area contributed by atoms with E-state index in [0.29, 0.717) is 26.1 Å². The number of ether oxygens (including phenoxy) is 1. The zero-order valence-corrected chi connectivity index (χ0v) is 7.87. The lowest BCUT2D eigenvalue weighted by Crippen LogP contribution is -2.31. The molecule has 1 aromatic carbocycles. The highest BCUT2D eigenvalue weighted by Crippen LogP contribution is 2.23. The Balaban J connectivity index is 2.10. The second-order valence-electron chi connectivity index (χ2n) is 3.83. The molecule has 3 heteroatoms. The number of hydrogen-bond acceptors (Lipinski definition) is 2. The van der Waals surface area contributed by atoms with Gasteiger partial charge in [0.25, 0.3) is 0 Å².